The third kappa shape index (κ3) is 5.24. The molecule has 6 nitrogen and oxygen atoms in total. The van der Waals surface area contributed by atoms with Gasteiger partial charge >= 0.3 is 0 Å². The van der Waals surface area contributed by atoms with Crippen molar-refractivity contribution in [2.45, 2.75) is 24.8 Å². The van der Waals surface area contributed by atoms with Gasteiger partial charge < -0.3 is 10.1 Å². The Morgan fingerprint density at radius 3 is 2.23 bits per heavy atom. The Hall–Kier alpha value is -3.32. The van der Waals surface area contributed by atoms with Crippen LogP contribution >= 0.6 is 0 Å². The van der Waals surface area contributed by atoms with Crippen LogP contribution in [0.25, 0.3) is 0 Å². The predicted octanol–water partition coefficient (Wildman–Crippen LogP) is 4.08. The summed E-state index contributed by atoms with van der Waals surface area (Å²) in [7, 11) is -2.53. The molecule has 3 rings (SSSR count). The second-order valence-electron chi connectivity index (χ2n) is 7.20. The second-order valence-corrected chi connectivity index (χ2v) is 9.06. The lowest BCUT2D eigenvalue weighted by molar-refractivity contribution is -0.120. The molecule has 0 fully saturated rings. The molecule has 0 spiro atoms. The van der Waals surface area contributed by atoms with Gasteiger partial charge in [0.1, 0.15) is 12.3 Å². The molecule has 0 aromatic heterocycles. The number of para-hydroxylation sites is 2. The lowest BCUT2D eigenvalue weighted by Crippen LogP contribution is -2.41. The van der Waals surface area contributed by atoms with Crippen LogP contribution in [0.2, 0.25) is 0 Å². The number of benzene rings is 3. The van der Waals surface area contributed by atoms with E-state index in [0.29, 0.717) is 11.4 Å². The van der Waals surface area contributed by atoms with Crippen LogP contribution in [0, 0.1) is 6.92 Å². The molecule has 0 radical (unpaired) electrons. The molecule has 1 atom stereocenters. The van der Waals surface area contributed by atoms with Gasteiger partial charge in [0.25, 0.3) is 10.0 Å². The number of carbonyl (C=O) groups is 1. The maximum atomic E-state index is 13.4. The van der Waals surface area contributed by atoms with Crippen molar-refractivity contribution in [1.82, 2.24) is 5.32 Å². The lowest BCUT2D eigenvalue weighted by atomic mass is 10.1. The van der Waals surface area contributed by atoms with Gasteiger partial charge in [-0.25, -0.2) is 8.42 Å². The highest BCUT2D eigenvalue weighted by molar-refractivity contribution is 7.92. The molecular formula is C24H26N2O4S. The Kier molecular flexibility index (Phi) is 6.97. The first-order valence-corrected chi connectivity index (χ1v) is 11.3. The normalized spacial score (nSPS) is 12.1. The van der Waals surface area contributed by atoms with Crippen molar-refractivity contribution >= 4 is 21.6 Å². The lowest BCUT2D eigenvalue weighted by Gasteiger charge is -2.26. The van der Waals surface area contributed by atoms with Crippen molar-refractivity contribution in [3.05, 3.63) is 90.0 Å². The predicted molar refractivity (Wildman–Crippen MR) is 122 cm³/mol. The SMILES string of the molecule is COc1ccccc1N(CC(=O)NC(C)c1ccc(C)cc1)S(=O)(=O)c1ccccc1. The van der Waals surface area contributed by atoms with Crippen molar-refractivity contribution in [1.29, 1.82) is 0 Å². The number of anilines is 1. The maximum Gasteiger partial charge on any atom is 0.264 e. The fraction of sp³-hybridized carbons (Fsp3) is 0.208. The van der Waals surface area contributed by atoms with E-state index in [1.165, 1.54) is 19.2 Å². The van der Waals surface area contributed by atoms with E-state index in [4.69, 9.17) is 4.74 Å². The summed E-state index contributed by atoms with van der Waals surface area (Å²) in [5, 5.41) is 2.89. The quantitative estimate of drug-likeness (QED) is 0.575. The minimum absolute atomic E-state index is 0.0975. The first kappa shape index (κ1) is 22.4. The molecule has 0 saturated carbocycles. The molecule has 3 aromatic carbocycles. The van der Waals surface area contributed by atoms with Crippen LogP contribution in [0.5, 0.6) is 5.75 Å². The van der Waals surface area contributed by atoms with E-state index in [2.05, 4.69) is 5.32 Å². The van der Waals surface area contributed by atoms with Crippen molar-refractivity contribution in [3.8, 4) is 5.75 Å². The van der Waals surface area contributed by atoms with Crippen LogP contribution < -0.4 is 14.4 Å². The Labute approximate surface area is 183 Å². The van der Waals surface area contributed by atoms with E-state index in [9.17, 15) is 13.2 Å². The molecule has 1 unspecified atom stereocenters. The molecule has 3 aromatic rings. The zero-order valence-electron chi connectivity index (χ0n) is 17.8. The van der Waals surface area contributed by atoms with E-state index in [1.807, 2.05) is 38.1 Å². The highest BCUT2D eigenvalue weighted by Crippen LogP contribution is 2.32. The van der Waals surface area contributed by atoms with Gasteiger partial charge in [-0.05, 0) is 43.7 Å². The van der Waals surface area contributed by atoms with Crippen molar-refractivity contribution in [3.63, 3.8) is 0 Å². The number of hydrogen-bond acceptors (Lipinski definition) is 4. The average molecular weight is 439 g/mol. The summed E-state index contributed by atoms with van der Waals surface area (Å²) >= 11 is 0. The minimum Gasteiger partial charge on any atom is -0.495 e. The third-order valence-electron chi connectivity index (χ3n) is 4.93. The number of nitrogens with zero attached hydrogens (tertiary/aromatic N) is 1. The Morgan fingerprint density at radius 2 is 1.58 bits per heavy atom. The van der Waals surface area contributed by atoms with E-state index < -0.39 is 15.9 Å². The minimum atomic E-state index is -4.00. The molecule has 0 saturated heterocycles. The second kappa shape index (κ2) is 9.66. The number of hydrogen-bond donors (Lipinski definition) is 1. The number of carbonyl (C=O) groups excluding carboxylic acids is 1. The molecule has 1 amide bonds. The Bertz CT molecular complexity index is 1130. The number of rotatable bonds is 8. The van der Waals surface area contributed by atoms with Crippen LogP contribution in [-0.2, 0) is 14.8 Å². The zero-order chi connectivity index (χ0) is 22.4. The van der Waals surface area contributed by atoms with E-state index >= 15 is 0 Å². The van der Waals surface area contributed by atoms with Crippen molar-refractivity contribution in [2.75, 3.05) is 18.0 Å². The number of aryl methyl sites for hydroxylation is 1. The Balaban J connectivity index is 1.91. The van der Waals surface area contributed by atoms with Gasteiger partial charge in [0.2, 0.25) is 5.91 Å². The van der Waals surface area contributed by atoms with Crippen LogP contribution in [0.4, 0.5) is 5.69 Å². The van der Waals surface area contributed by atoms with Gasteiger partial charge in [0.15, 0.2) is 0 Å². The number of sulfonamides is 1. The van der Waals surface area contributed by atoms with Crippen molar-refractivity contribution in [2.24, 2.45) is 0 Å². The third-order valence-corrected chi connectivity index (χ3v) is 6.70. The highest BCUT2D eigenvalue weighted by atomic mass is 32.2. The van der Waals surface area contributed by atoms with E-state index in [-0.39, 0.29) is 17.5 Å². The summed E-state index contributed by atoms with van der Waals surface area (Å²) in [6.45, 7) is 3.47. The molecule has 0 aliphatic rings. The molecule has 0 bridgehead atoms. The largest absolute Gasteiger partial charge is 0.495 e. The molecule has 7 heteroatoms. The van der Waals surface area contributed by atoms with Gasteiger partial charge in [-0.3, -0.25) is 9.10 Å². The summed E-state index contributed by atoms with van der Waals surface area (Å²) < 4.78 is 33.3. The van der Waals surface area contributed by atoms with Gasteiger partial charge in [-0.1, -0.05) is 60.2 Å². The number of ether oxygens (including phenoxy) is 1. The summed E-state index contributed by atoms with van der Waals surface area (Å²) in [4.78, 5) is 13.0. The van der Waals surface area contributed by atoms with Gasteiger partial charge in [0, 0.05) is 0 Å². The number of nitrogens with one attached hydrogen (secondary N) is 1. The molecule has 162 valence electrons. The molecule has 0 aliphatic carbocycles. The monoisotopic (exact) mass is 438 g/mol. The molecule has 31 heavy (non-hydrogen) atoms. The van der Waals surface area contributed by atoms with Crippen LogP contribution in [0.3, 0.4) is 0 Å². The maximum absolute atomic E-state index is 13.4. The number of amides is 1. The van der Waals surface area contributed by atoms with Gasteiger partial charge in [-0.2, -0.15) is 0 Å². The Morgan fingerprint density at radius 1 is 0.968 bits per heavy atom. The fourth-order valence-electron chi connectivity index (χ4n) is 3.21. The zero-order valence-corrected chi connectivity index (χ0v) is 18.6. The summed E-state index contributed by atoms with van der Waals surface area (Å²) in [5.74, 6) is -0.0557. The molecule has 1 N–H and O–H groups in total. The van der Waals surface area contributed by atoms with Crippen molar-refractivity contribution < 1.29 is 17.9 Å². The van der Waals surface area contributed by atoms with Gasteiger partial charge in [0.05, 0.1) is 23.7 Å². The summed E-state index contributed by atoms with van der Waals surface area (Å²) in [6.07, 6.45) is 0. The van der Waals surface area contributed by atoms with E-state index in [0.717, 1.165) is 15.4 Å². The first-order valence-electron chi connectivity index (χ1n) is 9.89. The topological polar surface area (TPSA) is 75.7 Å². The molecule has 0 aliphatic heterocycles. The van der Waals surface area contributed by atoms with E-state index in [1.54, 1.807) is 42.5 Å². The van der Waals surface area contributed by atoms with Crippen LogP contribution in [-0.4, -0.2) is 28.0 Å². The van der Waals surface area contributed by atoms with Crippen LogP contribution in [0.1, 0.15) is 24.1 Å². The fourth-order valence-corrected chi connectivity index (χ4v) is 4.66. The van der Waals surface area contributed by atoms with Crippen LogP contribution in [0.15, 0.2) is 83.8 Å². The molecular weight excluding hydrogens is 412 g/mol. The summed E-state index contributed by atoms with van der Waals surface area (Å²) in [5.41, 5.74) is 2.36. The highest BCUT2D eigenvalue weighted by Gasteiger charge is 2.29. The standard InChI is InChI=1S/C24H26N2O4S/c1-18-13-15-20(16-14-18)19(2)25-24(27)17-26(22-11-7-8-12-23(22)30-3)31(28,29)21-9-5-4-6-10-21/h4-16,19H,17H2,1-3H3,(H,25,27). The number of methoxy groups -OCH3 is 1. The smallest absolute Gasteiger partial charge is 0.264 e. The molecule has 0 heterocycles. The summed E-state index contributed by atoms with van der Waals surface area (Å²) in [6, 6.07) is 22.3. The van der Waals surface area contributed by atoms with Gasteiger partial charge in [-0.15, -0.1) is 0 Å². The average Bonchev–Trinajstić information content (AvgIpc) is 2.78. The first-order chi connectivity index (χ1) is 14.8.